The van der Waals surface area contributed by atoms with Crippen LogP contribution in [0.3, 0.4) is 0 Å². The molecule has 4 aromatic rings. The second-order valence-electron chi connectivity index (χ2n) is 32.9. The lowest BCUT2D eigenvalue weighted by Crippen LogP contribution is -2.61. The maximum Gasteiger partial charge on any atom is 0.264 e. The number of hydrazone groups is 1. The van der Waals surface area contributed by atoms with Crippen LogP contribution < -0.4 is 87.3 Å². The first-order valence-electron chi connectivity index (χ1n) is 45.2. The third-order valence-corrected chi connectivity index (χ3v) is 23.0. The van der Waals surface area contributed by atoms with E-state index in [2.05, 4.69) is 92.7 Å². The number of primary amides is 1. The Bertz CT molecular complexity index is 4150. The number of hydrogen-bond acceptors (Lipinski definition) is 19. The fourth-order valence-electron chi connectivity index (χ4n) is 15.3. The fourth-order valence-corrected chi connectivity index (χ4v) is 15.8. The molecule has 22 N–H and O–H groups in total. The van der Waals surface area contributed by atoms with Gasteiger partial charge in [0.25, 0.3) is 5.91 Å². The molecule has 2 saturated heterocycles. The summed E-state index contributed by atoms with van der Waals surface area (Å²) in [7, 11) is 0. The first-order chi connectivity index (χ1) is 60.8. The highest BCUT2D eigenvalue weighted by Crippen LogP contribution is 2.25. The lowest BCUT2D eigenvalue weighted by Gasteiger charge is -2.32. The molecule has 2 aliphatic rings. The molecule has 0 radical (unpaired) electrons. The number of carbonyl (C=O) groups excluding carboxylic acids is 13. The molecule has 2 aliphatic heterocycles. The van der Waals surface area contributed by atoms with Crippen molar-refractivity contribution in [1.82, 2.24) is 73.4 Å². The summed E-state index contributed by atoms with van der Waals surface area (Å²) in [6.07, 6.45) is 28.2. The third-order valence-electron chi connectivity index (χ3n) is 22.4. The van der Waals surface area contributed by atoms with Gasteiger partial charge in [-0.25, -0.2) is 0 Å². The Balaban J connectivity index is 1.06. The van der Waals surface area contributed by atoms with E-state index in [1.165, 1.54) is 61.2 Å². The van der Waals surface area contributed by atoms with E-state index in [4.69, 9.17) is 28.7 Å². The number of fused-ring (bicyclic) bond motifs is 1. The number of rotatable bonds is 62. The normalized spacial score (nSPS) is 15.7. The number of nitrogens with two attached hydrogens (primary N) is 5. The molecule has 13 amide bonds. The van der Waals surface area contributed by atoms with Gasteiger partial charge >= 0.3 is 0 Å². The Morgan fingerprint density at radius 3 is 1.65 bits per heavy atom. The smallest absolute Gasteiger partial charge is 0.264 e. The van der Waals surface area contributed by atoms with Gasteiger partial charge in [-0.05, 0) is 163 Å². The summed E-state index contributed by atoms with van der Waals surface area (Å²) >= 11 is 1.54. The maximum atomic E-state index is 15.5. The quantitative estimate of drug-likeness (QED) is 0.00972. The number of guanidine groups is 1. The molecule has 126 heavy (non-hydrogen) atoms. The van der Waals surface area contributed by atoms with Gasteiger partial charge in [-0.3, -0.25) is 67.3 Å². The van der Waals surface area contributed by atoms with E-state index in [0.29, 0.717) is 93.4 Å². The Hall–Kier alpha value is -10.9. The van der Waals surface area contributed by atoms with Gasteiger partial charge in [-0.2, -0.15) is 16.9 Å². The van der Waals surface area contributed by atoms with Gasteiger partial charge in [0.05, 0.1) is 6.04 Å². The van der Waals surface area contributed by atoms with E-state index in [9.17, 15) is 43.2 Å². The van der Waals surface area contributed by atoms with E-state index in [0.717, 1.165) is 49.2 Å². The lowest BCUT2D eigenvalue weighted by molar-refractivity contribution is -0.143. The second-order valence-corrected chi connectivity index (χ2v) is 33.8. The molecule has 35 heteroatoms. The Kier molecular flexibility index (Phi) is 48.7. The number of nitrogens with one attached hydrogen (secondary N) is 12. The number of H-pyrrole nitrogens is 1. The van der Waals surface area contributed by atoms with Gasteiger partial charge in [-0.1, -0.05) is 163 Å². The number of thioether (sulfide) groups is 1. The molecular weight excluding hydrogens is 1630 g/mol. The van der Waals surface area contributed by atoms with Gasteiger partial charge < -0.3 is 102 Å². The summed E-state index contributed by atoms with van der Waals surface area (Å²) < 4.78 is 0. The molecule has 3 heterocycles. The number of unbranched alkanes of at least 4 members (excludes halogenated alkanes) is 12. The van der Waals surface area contributed by atoms with Crippen LogP contribution in [0.4, 0.5) is 0 Å². The summed E-state index contributed by atoms with van der Waals surface area (Å²) in [6.45, 7) is 6.77. The van der Waals surface area contributed by atoms with E-state index in [-0.39, 0.29) is 108 Å². The van der Waals surface area contributed by atoms with Crippen LogP contribution in [0.2, 0.25) is 0 Å². The molecule has 2 fully saturated rings. The van der Waals surface area contributed by atoms with Crippen molar-refractivity contribution < 1.29 is 62.3 Å². The number of allylic oxidation sites excluding steroid dienone is 2. The molecule has 34 nitrogen and oxygen atoms in total. The molecule has 0 aliphatic carbocycles. The van der Waals surface area contributed by atoms with Gasteiger partial charge in [0.15, 0.2) is 5.96 Å². The summed E-state index contributed by atoms with van der Waals surface area (Å²) in [5.41, 5.74) is 34.6. The first kappa shape index (κ1) is 104. The van der Waals surface area contributed by atoms with Crippen molar-refractivity contribution in [2.75, 3.05) is 64.4 Å². The minimum absolute atomic E-state index is 0.00223. The summed E-state index contributed by atoms with van der Waals surface area (Å²) in [5, 5.41) is 32.7. The Morgan fingerprint density at radius 1 is 0.524 bits per heavy atom. The van der Waals surface area contributed by atoms with Gasteiger partial charge in [0, 0.05) is 82.1 Å². The number of likely N-dealkylation sites (tertiary alicyclic amines) is 2. The number of carbonyl (C=O) groups is 13. The van der Waals surface area contributed by atoms with Crippen LogP contribution >= 0.6 is 11.8 Å². The molecule has 1 aromatic heterocycles. The molecule has 0 spiro atoms. The van der Waals surface area contributed by atoms with Crippen molar-refractivity contribution in [3.05, 3.63) is 120 Å². The van der Waals surface area contributed by atoms with Crippen LogP contribution in [0.5, 0.6) is 0 Å². The summed E-state index contributed by atoms with van der Waals surface area (Å²) in [5.74, 6) is -8.16. The molecule has 0 bridgehead atoms. The summed E-state index contributed by atoms with van der Waals surface area (Å²) in [4.78, 5) is 193. The van der Waals surface area contributed by atoms with Crippen LogP contribution in [0.25, 0.3) is 10.9 Å². The average Bonchev–Trinajstić information content (AvgIpc) is 1.69. The molecule has 10 atom stereocenters. The van der Waals surface area contributed by atoms with Crippen molar-refractivity contribution in [3.63, 3.8) is 0 Å². The van der Waals surface area contributed by atoms with E-state index in [1.54, 1.807) is 92.5 Å². The number of benzene rings is 3. The number of aromatic amines is 1. The first-order valence-corrected chi connectivity index (χ1v) is 46.6. The Labute approximate surface area is 746 Å². The number of aliphatic imine (C=N–C) groups is 1. The van der Waals surface area contributed by atoms with Crippen molar-refractivity contribution in [2.45, 2.75) is 274 Å². The molecular formula is C91H141N21O13S. The van der Waals surface area contributed by atoms with Crippen LogP contribution in [-0.4, -0.2) is 229 Å². The average molecular weight is 1770 g/mol. The molecule has 694 valence electrons. The predicted molar refractivity (Wildman–Crippen MR) is 492 cm³/mol. The van der Waals surface area contributed by atoms with Crippen molar-refractivity contribution in [3.8, 4) is 0 Å². The minimum atomic E-state index is -1.47. The zero-order valence-electron chi connectivity index (χ0n) is 74.2. The summed E-state index contributed by atoms with van der Waals surface area (Å²) in [6, 6.07) is 12.8. The number of hydrogen-bond donors (Lipinski definition) is 17. The predicted octanol–water partition coefficient (Wildman–Crippen LogP) is 4.11. The highest BCUT2D eigenvalue weighted by molar-refractivity contribution is 7.98. The van der Waals surface area contributed by atoms with E-state index >= 15 is 19.2 Å². The van der Waals surface area contributed by atoms with Crippen molar-refractivity contribution >= 4 is 112 Å². The molecule has 0 unspecified atom stereocenters. The van der Waals surface area contributed by atoms with Crippen LogP contribution in [0.1, 0.15) is 211 Å². The molecule has 0 saturated carbocycles. The standard InChI is InChI=1S/C91H141N21O13S/c1-5-6-7-8-9-10-11-12-13-14-15-16-17-18-25-46-77(113)97-51-34-52-99-79(115)61-103-102-60-78(114)98-49-30-42-69(81(94)116)104-88(123)80(62(2)3)110-87(122)76-45-33-54-112(76)90(125)71(41-28-29-48-92)106-84(119)72(56-63-35-21-19-22-36-63)107-85(120)74(58-65-59-101-68-40-27-26-39-66(65)68)108-82(117)70(43-31-50-100-91(95)96)105-83(118)73(57-64-37-23-20-24-38-64)109-86(121)75-44-32-53-111(75)89(124)67(93)47-55-126-4/h12-13,19-24,26-27,35-40,59,61-62,67,69-76,80,101-102H,5-11,14-18,25,28-34,41-58,60,92-93H2,1-4H3,(H2,94,116)(H,97,113)(H,98,114)(H,99,115)(H,104,123)(H,105,118)(H,106,119)(H,107,120)(H,108,117)(H,109,121)(H,110,122)(H4,95,96,100)/b13-12+,103-61+/t67-,69-,70-,71-,72-,73+,74+,75-,76-,80-/m0/s1. The third kappa shape index (κ3) is 38.5. The zero-order valence-corrected chi connectivity index (χ0v) is 75.0. The maximum absolute atomic E-state index is 15.5. The van der Waals surface area contributed by atoms with Crippen LogP contribution in [0, 0.1) is 5.92 Å². The number of aromatic nitrogens is 1. The van der Waals surface area contributed by atoms with E-state index < -0.39 is 131 Å². The second kappa shape index (κ2) is 59.1. The Morgan fingerprint density at radius 2 is 1.04 bits per heavy atom. The van der Waals surface area contributed by atoms with Gasteiger partial charge in [0.2, 0.25) is 70.9 Å². The monoisotopic (exact) mass is 1770 g/mol. The highest BCUT2D eigenvalue weighted by Gasteiger charge is 2.42. The number of para-hydroxylation sites is 1. The van der Waals surface area contributed by atoms with Crippen molar-refractivity contribution in [2.24, 2.45) is 44.7 Å². The van der Waals surface area contributed by atoms with Crippen molar-refractivity contribution in [1.29, 1.82) is 0 Å². The topological polar surface area (TPSA) is 531 Å². The minimum Gasteiger partial charge on any atom is -0.370 e. The highest BCUT2D eigenvalue weighted by atomic mass is 32.2. The van der Waals surface area contributed by atoms with Crippen LogP contribution in [0.15, 0.2) is 113 Å². The fraction of sp³-hybridized carbons (Fsp3) is 0.593. The lowest BCUT2D eigenvalue weighted by atomic mass is 10.00. The van der Waals surface area contributed by atoms with Crippen LogP contribution in [-0.2, 0) is 81.6 Å². The molecule has 6 rings (SSSR count). The van der Waals surface area contributed by atoms with E-state index in [1.807, 2.05) is 30.5 Å². The largest absolute Gasteiger partial charge is 0.370 e. The van der Waals surface area contributed by atoms with Gasteiger partial charge in [0.1, 0.15) is 67.1 Å². The zero-order chi connectivity index (χ0) is 91.4. The van der Waals surface area contributed by atoms with Gasteiger partial charge in [-0.15, -0.1) is 0 Å². The molecule has 3 aromatic carbocycles. The number of amides is 13. The SMILES string of the molecule is CCCCCCCC/C=C/CCCCCCCC(=O)NCCCNC(=O)/C=N/NCC(=O)NCCC[C@H](NC(=O)[C@@H](NC(=O)[C@@H]1CCCN1C(=O)[C@H](CCCCN)NC(=O)[C@H](Cc1ccccc1)NC(=O)[C@@H](Cc1c[nH]c2ccccc12)NC(=O)[C@H](CCCN=C(N)N)NC(=O)[C@@H](Cc1ccccc1)NC(=O)[C@@H]1CCCN1C(=O)[C@@H](N)CCSC)C(C)C)C(N)=O. The number of nitrogens with zero attached hydrogens (tertiary/aromatic N) is 4.